The summed E-state index contributed by atoms with van der Waals surface area (Å²) in [6.07, 6.45) is 0. The Labute approximate surface area is 122 Å². The standard InChI is InChI=1S/C14H16ClN3O2/c1-7(2)13-16-12(14(19)20)17-18(13)11-9(4)5-8(3)6-10(11)15/h5-7H,1-4H3,(H,19,20). The SMILES string of the molecule is Cc1cc(C)c(-n2nc(C(=O)O)nc2C(C)C)c(Cl)c1. The van der Waals surface area contributed by atoms with Gasteiger partial charge in [0.05, 0.1) is 10.7 Å². The quantitative estimate of drug-likeness (QED) is 0.942. The number of carboxylic acids is 1. The fraction of sp³-hybridized carbons (Fsp3) is 0.357. The Morgan fingerprint density at radius 3 is 2.50 bits per heavy atom. The van der Waals surface area contributed by atoms with E-state index in [0.29, 0.717) is 16.5 Å². The summed E-state index contributed by atoms with van der Waals surface area (Å²) < 4.78 is 1.53. The number of hydrogen-bond acceptors (Lipinski definition) is 3. The monoisotopic (exact) mass is 293 g/mol. The van der Waals surface area contributed by atoms with E-state index in [1.807, 2.05) is 39.8 Å². The molecule has 2 aromatic rings. The third-order valence-corrected chi connectivity index (χ3v) is 3.24. The lowest BCUT2D eigenvalue weighted by atomic mass is 10.1. The molecule has 20 heavy (non-hydrogen) atoms. The number of halogens is 1. The summed E-state index contributed by atoms with van der Waals surface area (Å²) in [6.45, 7) is 7.74. The second kappa shape index (κ2) is 5.25. The highest BCUT2D eigenvalue weighted by Crippen LogP contribution is 2.28. The van der Waals surface area contributed by atoms with Gasteiger partial charge in [0, 0.05) is 5.92 Å². The molecule has 1 heterocycles. The molecule has 0 spiro atoms. The van der Waals surface area contributed by atoms with E-state index in [-0.39, 0.29) is 11.7 Å². The smallest absolute Gasteiger partial charge is 0.375 e. The van der Waals surface area contributed by atoms with Crippen molar-refractivity contribution in [1.82, 2.24) is 14.8 Å². The van der Waals surface area contributed by atoms with Gasteiger partial charge in [0.15, 0.2) is 0 Å². The highest BCUT2D eigenvalue weighted by Gasteiger charge is 2.21. The van der Waals surface area contributed by atoms with E-state index >= 15 is 0 Å². The summed E-state index contributed by atoms with van der Waals surface area (Å²) in [7, 11) is 0. The van der Waals surface area contributed by atoms with Crippen molar-refractivity contribution in [2.24, 2.45) is 0 Å². The maximum Gasteiger partial charge on any atom is 0.375 e. The molecule has 1 aromatic carbocycles. The van der Waals surface area contributed by atoms with Gasteiger partial charge in [0.2, 0.25) is 0 Å². The highest BCUT2D eigenvalue weighted by atomic mass is 35.5. The number of rotatable bonds is 3. The van der Waals surface area contributed by atoms with Gasteiger partial charge in [0.25, 0.3) is 5.82 Å². The summed E-state index contributed by atoms with van der Waals surface area (Å²) in [5, 5.41) is 13.7. The van der Waals surface area contributed by atoms with Crippen molar-refractivity contribution in [1.29, 1.82) is 0 Å². The number of aromatic nitrogens is 3. The lowest BCUT2D eigenvalue weighted by Gasteiger charge is -2.13. The van der Waals surface area contributed by atoms with Gasteiger partial charge in [-0.2, -0.15) is 0 Å². The lowest BCUT2D eigenvalue weighted by molar-refractivity contribution is 0.0683. The van der Waals surface area contributed by atoms with Gasteiger partial charge in [-0.25, -0.2) is 14.5 Å². The van der Waals surface area contributed by atoms with Gasteiger partial charge < -0.3 is 5.11 Å². The minimum Gasteiger partial charge on any atom is -0.475 e. The summed E-state index contributed by atoms with van der Waals surface area (Å²) in [6, 6.07) is 3.81. The number of aromatic carboxylic acids is 1. The van der Waals surface area contributed by atoms with Gasteiger partial charge in [0.1, 0.15) is 5.82 Å². The molecule has 5 nitrogen and oxygen atoms in total. The van der Waals surface area contributed by atoms with E-state index < -0.39 is 5.97 Å². The summed E-state index contributed by atoms with van der Waals surface area (Å²) in [4.78, 5) is 15.2. The molecule has 106 valence electrons. The number of carbonyl (C=O) groups is 1. The molecule has 0 atom stereocenters. The minimum absolute atomic E-state index is 0.0346. The predicted octanol–water partition coefficient (Wildman–Crippen LogP) is 3.36. The van der Waals surface area contributed by atoms with Crippen LogP contribution in [0.25, 0.3) is 5.69 Å². The molecule has 6 heteroatoms. The molecule has 0 bridgehead atoms. The number of nitrogens with zero attached hydrogens (tertiary/aromatic N) is 3. The molecule has 0 fully saturated rings. The number of carboxylic acid groups (broad SMARTS) is 1. The molecular formula is C14H16ClN3O2. The van der Waals surface area contributed by atoms with Crippen LogP contribution < -0.4 is 0 Å². The predicted molar refractivity (Wildman–Crippen MR) is 76.9 cm³/mol. The van der Waals surface area contributed by atoms with Crippen LogP contribution >= 0.6 is 11.6 Å². The van der Waals surface area contributed by atoms with Crippen LogP contribution in [-0.4, -0.2) is 25.8 Å². The highest BCUT2D eigenvalue weighted by molar-refractivity contribution is 6.32. The van der Waals surface area contributed by atoms with Gasteiger partial charge in [-0.1, -0.05) is 31.5 Å². The Hall–Kier alpha value is -1.88. The van der Waals surface area contributed by atoms with Crippen molar-refractivity contribution in [3.8, 4) is 5.69 Å². The molecule has 0 saturated heterocycles. The van der Waals surface area contributed by atoms with Crippen molar-refractivity contribution >= 4 is 17.6 Å². The second-order valence-corrected chi connectivity index (χ2v) is 5.48. The van der Waals surface area contributed by atoms with Crippen LogP contribution in [0.1, 0.15) is 47.3 Å². The third kappa shape index (κ3) is 2.54. The largest absolute Gasteiger partial charge is 0.475 e. The van der Waals surface area contributed by atoms with Gasteiger partial charge in [-0.3, -0.25) is 0 Å². The zero-order chi connectivity index (χ0) is 15.0. The van der Waals surface area contributed by atoms with Crippen molar-refractivity contribution in [2.45, 2.75) is 33.6 Å². The fourth-order valence-electron chi connectivity index (χ4n) is 2.13. The minimum atomic E-state index is -1.15. The Bertz CT molecular complexity index is 654. The molecule has 0 aliphatic heterocycles. The summed E-state index contributed by atoms with van der Waals surface area (Å²) in [5.74, 6) is -0.750. The molecule has 0 unspecified atom stereocenters. The second-order valence-electron chi connectivity index (χ2n) is 5.08. The van der Waals surface area contributed by atoms with E-state index in [2.05, 4.69) is 10.1 Å². The average Bonchev–Trinajstić information content (AvgIpc) is 2.72. The molecule has 1 N–H and O–H groups in total. The maximum absolute atomic E-state index is 11.1. The van der Waals surface area contributed by atoms with Gasteiger partial charge in [-0.15, -0.1) is 5.10 Å². The first-order valence-corrected chi connectivity index (χ1v) is 6.66. The number of aryl methyl sites for hydroxylation is 2. The van der Waals surface area contributed by atoms with Crippen LogP contribution in [0.2, 0.25) is 5.02 Å². The van der Waals surface area contributed by atoms with E-state index in [0.717, 1.165) is 11.1 Å². The van der Waals surface area contributed by atoms with Gasteiger partial charge in [-0.05, 0) is 31.0 Å². The van der Waals surface area contributed by atoms with Crippen LogP contribution in [0.5, 0.6) is 0 Å². The third-order valence-electron chi connectivity index (χ3n) is 2.95. The van der Waals surface area contributed by atoms with Crippen LogP contribution in [0.3, 0.4) is 0 Å². The van der Waals surface area contributed by atoms with Crippen molar-refractivity contribution in [3.63, 3.8) is 0 Å². The Kier molecular flexibility index (Phi) is 3.81. The van der Waals surface area contributed by atoms with Crippen LogP contribution in [0.15, 0.2) is 12.1 Å². The molecular weight excluding hydrogens is 278 g/mol. The van der Waals surface area contributed by atoms with Crippen LogP contribution in [0.4, 0.5) is 0 Å². The van der Waals surface area contributed by atoms with Crippen LogP contribution in [0, 0.1) is 13.8 Å². The van der Waals surface area contributed by atoms with Crippen molar-refractivity contribution in [2.75, 3.05) is 0 Å². The first-order chi connectivity index (χ1) is 9.31. The Morgan fingerprint density at radius 1 is 1.35 bits per heavy atom. The normalized spacial score (nSPS) is 11.1. The first kappa shape index (κ1) is 14.5. The van der Waals surface area contributed by atoms with E-state index in [9.17, 15) is 4.79 Å². The molecule has 1 aromatic heterocycles. The van der Waals surface area contributed by atoms with E-state index in [4.69, 9.17) is 16.7 Å². The first-order valence-electron chi connectivity index (χ1n) is 6.28. The molecule has 0 amide bonds. The lowest BCUT2D eigenvalue weighted by Crippen LogP contribution is -2.07. The van der Waals surface area contributed by atoms with Gasteiger partial charge >= 0.3 is 5.97 Å². The number of hydrogen-bond donors (Lipinski definition) is 1. The fourth-order valence-corrected chi connectivity index (χ4v) is 2.53. The van der Waals surface area contributed by atoms with Crippen molar-refractivity contribution in [3.05, 3.63) is 39.9 Å². The maximum atomic E-state index is 11.1. The van der Waals surface area contributed by atoms with Crippen molar-refractivity contribution < 1.29 is 9.90 Å². The zero-order valence-electron chi connectivity index (χ0n) is 11.8. The average molecular weight is 294 g/mol. The van der Waals surface area contributed by atoms with E-state index in [1.165, 1.54) is 4.68 Å². The Balaban J connectivity index is 2.72. The number of benzene rings is 1. The van der Waals surface area contributed by atoms with E-state index in [1.54, 1.807) is 0 Å². The molecule has 0 saturated carbocycles. The molecule has 0 aliphatic rings. The van der Waals surface area contributed by atoms with Crippen LogP contribution in [-0.2, 0) is 0 Å². The molecule has 2 rings (SSSR count). The molecule has 0 radical (unpaired) electrons. The topological polar surface area (TPSA) is 68.0 Å². The summed E-state index contributed by atoms with van der Waals surface area (Å²) in [5.41, 5.74) is 2.65. The summed E-state index contributed by atoms with van der Waals surface area (Å²) >= 11 is 6.30. The molecule has 0 aliphatic carbocycles. The Morgan fingerprint density at radius 2 is 2.00 bits per heavy atom. The zero-order valence-corrected chi connectivity index (χ0v) is 12.6.